The van der Waals surface area contributed by atoms with Gasteiger partial charge in [0.1, 0.15) is 0 Å². The van der Waals surface area contributed by atoms with E-state index in [1.165, 1.54) is 31.5 Å². The number of nitrogens with zero attached hydrogens (tertiary/aromatic N) is 1. The van der Waals surface area contributed by atoms with Crippen LogP contribution < -0.4 is 5.32 Å². The lowest BCUT2D eigenvalue weighted by Gasteiger charge is -2.25. The van der Waals surface area contributed by atoms with Crippen LogP contribution in [0.15, 0.2) is 27.1 Å². The summed E-state index contributed by atoms with van der Waals surface area (Å²) in [6.45, 7) is 8.19. The van der Waals surface area contributed by atoms with Gasteiger partial charge in [-0.1, -0.05) is 37.9 Å². The molecule has 2 atom stereocenters. The van der Waals surface area contributed by atoms with Crippen molar-refractivity contribution in [3.63, 3.8) is 0 Å². The Morgan fingerprint density at radius 2 is 1.89 bits per heavy atom. The summed E-state index contributed by atoms with van der Waals surface area (Å²) >= 11 is 7.14. The average molecular weight is 390 g/mol. The van der Waals surface area contributed by atoms with E-state index in [1.54, 1.807) is 0 Å². The predicted molar refractivity (Wildman–Crippen MR) is 88.5 cm³/mol. The van der Waals surface area contributed by atoms with E-state index in [0.29, 0.717) is 12.1 Å². The van der Waals surface area contributed by atoms with Gasteiger partial charge in [-0.15, -0.1) is 0 Å². The van der Waals surface area contributed by atoms with Crippen LogP contribution in [0.1, 0.15) is 38.3 Å². The van der Waals surface area contributed by atoms with Gasteiger partial charge in [0, 0.05) is 27.6 Å². The molecule has 4 heteroatoms. The summed E-state index contributed by atoms with van der Waals surface area (Å²) in [6, 6.07) is 7.26. The third kappa shape index (κ3) is 4.55. The summed E-state index contributed by atoms with van der Waals surface area (Å²) in [4.78, 5) is 2.56. The van der Waals surface area contributed by atoms with Gasteiger partial charge in [-0.3, -0.25) is 0 Å². The lowest BCUT2D eigenvalue weighted by atomic mass is 10.1. The third-order valence-corrected chi connectivity index (χ3v) is 4.87. The molecule has 0 spiro atoms. The minimum absolute atomic E-state index is 0.361. The Labute approximate surface area is 133 Å². The lowest BCUT2D eigenvalue weighted by Crippen LogP contribution is -2.39. The Morgan fingerprint density at radius 3 is 2.53 bits per heavy atom. The molecule has 1 aromatic rings. The monoisotopic (exact) mass is 388 g/mol. The normalized spacial score (nSPS) is 19.6. The van der Waals surface area contributed by atoms with Gasteiger partial charge in [0.15, 0.2) is 0 Å². The maximum Gasteiger partial charge on any atom is 0.0305 e. The molecule has 19 heavy (non-hydrogen) atoms. The molecular weight excluding hydrogens is 368 g/mol. The highest BCUT2D eigenvalue weighted by atomic mass is 79.9. The van der Waals surface area contributed by atoms with Gasteiger partial charge in [-0.25, -0.2) is 0 Å². The van der Waals surface area contributed by atoms with E-state index in [-0.39, 0.29) is 0 Å². The van der Waals surface area contributed by atoms with Gasteiger partial charge in [0.05, 0.1) is 0 Å². The van der Waals surface area contributed by atoms with Crippen molar-refractivity contribution in [3.8, 4) is 0 Å². The van der Waals surface area contributed by atoms with Gasteiger partial charge in [-0.05, 0) is 57.5 Å². The SMILES string of the molecule is CC(CN1CCCC1)NC(C)c1ccc(Br)cc1Br. The van der Waals surface area contributed by atoms with Crippen LogP contribution >= 0.6 is 31.9 Å². The molecular formula is C15H22Br2N2. The molecule has 106 valence electrons. The largest absolute Gasteiger partial charge is 0.306 e. The van der Waals surface area contributed by atoms with Crippen molar-refractivity contribution in [2.24, 2.45) is 0 Å². The minimum atomic E-state index is 0.361. The van der Waals surface area contributed by atoms with E-state index in [2.05, 4.69) is 74.1 Å². The van der Waals surface area contributed by atoms with Crippen LogP contribution in [0, 0.1) is 0 Å². The summed E-state index contributed by atoms with van der Waals surface area (Å²) in [5.74, 6) is 0. The average Bonchev–Trinajstić information content (AvgIpc) is 2.81. The van der Waals surface area contributed by atoms with Crippen LogP contribution in [0.3, 0.4) is 0 Å². The second-order valence-electron chi connectivity index (χ2n) is 5.46. The Balaban J connectivity index is 1.90. The fraction of sp³-hybridized carbons (Fsp3) is 0.600. The second-order valence-corrected chi connectivity index (χ2v) is 7.23. The van der Waals surface area contributed by atoms with Gasteiger partial charge in [0.2, 0.25) is 0 Å². The van der Waals surface area contributed by atoms with Crippen molar-refractivity contribution in [1.29, 1.82) is 0 Å². The zero-order valence-corrected chi connectivity index (χ0v) is 14.8. The van der Waals surface area contributed by atoms with Crippen molar-refractivity contribution < 1.29 is 0 Å². The van der Waals surface area contributed by atoms with Crippen LogP contribution in [0.2, 0.25) is 0 Å². The molecule has 2 nitrogen and oxygen atoms in total. The van der Waals surface area contributed by atoms with E-state index in [1.807, 2.05) is 0 Å². The van der Waals surface area contributed by atoms with Crippen LogP contribution in [0.25, 0.3) is 0 Å². The summed E-state index contributed by atoms with van der Waals surface area (Å²) < 4.78 is 2.27. The number of halogens is 2. The quantitative estimate of drug-likeness (QED) is 0.805. The second kappa shape index (κ2) is 7.21. The van der Waals surface area contributed by atoms with Crippen LogP contribution in [0.5, 0.6) is 0 Å². The topological polar surface area (TPSA) is 15.3 Å². The highest BCUT2D eigenvalue weighted by Crippen LogP contribution is 2.27. The number of nitrogens with one attached hydrogen (secondary N) is 1. The van der Waals surface area contributed by atoms with Gasteiger partial charge in [-0.2, -0.15) is 0 Å². The lowest BCUT2D eigenvalue weighted by molar-refractivity contribution is 0.289. The van der Waals surface area contributed by atoms with Crippen molar-refractivity contribution in [2.45, 2.75) is 38.8 Å². The fourth-order valence-corrected chi connectivity index (χ4v) is 4.16. The van der Waals surface area contributed by atoms with Crippen LogP contribution in [-0.4, -0.2) is 30.6 Å². The van der Waals surface area contributed by atoms with Gasteiger partial charge in [0.25, 0.3) is 0 Å². The molecule has 1 aliphatic rings. The molecule has 1 N–H and O–H groups in total. The smallest absolute Gasteiger partial charge is 0.0305 e. The molecule has 2 rings (SSSR count). The number of rotatable bonds is 5. The van der Waals surface area contributed by atoms with E-state index < -0.39 is 0 Å². The van der Waals surface area contributed by atoms with E-state index in [9.17, 15) is 0 Å². The van der Waals surface area contributed by atoms with E-state index >= 15 is 0 Å². The van der Waals surface area contributed by atoms with Gasteiger partial charge < -0.3 is 10.2 Å². The fourth-order valence-electron chi connectivity index (χ4n) is 2.77. The highest BCUT2D eigenvalue weighted by molar-refractivity contribution is 9.11. The highest BCUT2D eigenvalue weighted by Gasteiger charge is 2.17. The first kappa shape index (κ1) is 15.5. The molecule has 0 aromatic heterocycles. The first-order valence-corrected chi connectivity index (χ1v) is 8.58. The molecule has 2 unspecified atom stereocenters. The van der Waals surface area contributed by atoms with Crippen LogP contribution in [0.4, 0.5) is 0 Å². The minimum Gasteiger partial charge on any atom is -0.306 e. The Bertz CT molecular complexity index is 417. The predicted octanol–water partition coefficient (Wildman–Crippen LogP) is 4.35. The molecule has 1 saturated heterocycles. The van der Waals surface area contributed by atoms with Crippen molar-refractivity contribution in [1.82, 2.24) is 10.2 Å². The van der Waals surface area contributed by atoms with E-state index in [4.69, 9.17) is 0 Å². The molecule has 1 aliphatic heterocycles. The van der Waals surface area contributed by atoms with Crippen molar-refractivity contribution in [2.75, 3.05) is 19.6 Å². The molecule has 0 amide bonds. The first-order valence-electron chi connectivity index (χ1n) is 6.99. The molecule has 1 fully saturated rings. The number of likely N-dealkylation sites (tertiary alicyclic amines) is 1. The zero-order valence-electron chi connectivity index (χ0n) is 11.6. The van der Waals surface area contributed by atoms with Crippen LogP contribution in [-0.2, 0) is 0 Å². The summed E-state index contributed by atoms with van der Waals surface area (Å²) in [5.41, 5.74) is 1.32. The maximum absolute atomic E-state index is 3.70. The van der Waals surface area contributed by atoms with Crippen molar-refractivity contribution in [3.05, 3.63) is 32.7 Å². The first-order chi connectivity index (χ1) is 9.06. The standard InChI is InChI=1S/C15H22Br2N2/c1-11(10-19-7-3-4-8-19)18-12(2)14-6-5-13(16)9-15(14)17/h5-6,9,11-12,18H,3-4,7-8,10H2,1-2H3. The summed E-state index contributed by atoms with van der Waals surface area (Å²) in [5, 5.41) is 3.70. The Morgan fingerprint density at radius 1 is 1.21 bits per heavy atom. The Kier molecular flexibility index (Phi) is 5.87. The van der Waals surface area contributed by atoms with Crippen molar-refractivity contribution >= 4 is 31.9 Å². The summed E-state index contributed by atoms with van der Waals surface area (Å²) in [7, 11) is 0. The molecule has 1 aromatic carbocycles. The Hall–Kier alpha value is 0.1000. The zero-order chi connectivity index (χ0) is 13.8. The van der Waals surface area contributed by atoms with E-state index in [0.717, 1.165) is 15.5 Å². The molecule has 0 aliphatic carbocycles. The summed E-state index contributed by atoms with van der Waals surface area (Å²) in [6.07, 6.45) is 2.72. The molecule has 0 saturated carbocycles. The molecule has 1 heterocycles. The molecule has 0 radical (unpaired) electrons. The third-order valence-electron chi connectivity index (χ3n) is 3.69. The maximum atomic E-state index is 3.70. The number of hydrogen-bond acceptors (Lipinski definition) is 2. The number of benzene rings is 1. The number of hydrogen-bond donors (Lipinski definition) is 1. The molecule has 0 bridgehead atoms. The van der Waals surface area contributed by atoms with Gasteiger partial charge >= 0.3 is 0 Å².